The van der Waals surface area contributed by atoms with Crippen molar-refractivity contribution in [1.82, 2.24) is 4.72 Å². The average molecular weight is 301 g/mol. The van der Waals surface area contributed by atoms with Crippen molar-refractivity contribution in [3.05, 3.63) is 28.3 Å². The van der Waals surface area contributed by atoms with Gasteiger partial charge in [0.25, 0.3) is 5.69 Å². The van der Waals surface area contributed by atoms with Crippen molar-refractivity contribution in [1.29, 1.82) is 0 Å². The summed E-state index contributed by atoms with van der Waals surface area (Å²) < 4.78 is 31.8. The minimum absolute atomic E-state index is 0.0588. The lowest BCUT2D eigenvalue weighted by Gasteiger charge is -2.34. The second kappa shape index (κ2) is 5.35. The summed E-state index contributed by atoms with van der Waals surface area (Å²) in [6.45, 7) is 0. The van der Waals surface area contributed by atoms with E-state index in [1.807, 2.05) is 0 Å². The molecule has 0 unspecified atom stereocenters. The highest BCUT2D eigenvalue weighted by molar-refractivity contribution is 7.89. The van der Waals surface area contributed by atoms with Crippen LogP contribution in [0.15, 0.2) is 23.1 Å². The largest absolute Gasteiger partial charge is 0.393 e. The summed E-state index contributed by atoms with van der Waals surface area (Å²) in [5, 5.41) is 10.8. The number of anilines is 1. The third kappa shape index (κ3) is 2.89. The van der Waals surface area contributed by atoms with E-state index >= 15 is 0 Å². The Hall–Kier alpha value is -1.71. The van der Waals surface area contributed by atoms with E-state index in [0.717, 1.165) is 6.07 Å². The molecule has 0 radical (unpaired) electrons. The molecule has 0 aliphatic heterocycles. The Morgan fingerprint density at radius 3 is 2.65 bits per heavy atom. The van der Waals surface area contributed by atoms with Crippen LogP contribution in [-0.2, 0) is 14.8 Å². The van der Waals surface area contributed by atoms with E-state index in [-0.39, 0.29) is 22.7 Å². The van der Waals surface area contributed by atoms with Crippen LogP contribution in [0.2, 0.25) is 0 Å². The number of nitrogens with two attached hydrogens (primary N) is 1. The number of nitro benzene ring substituents is 1. The van der Waals surface area contributed by atoms with E-state index in [9.17, 15) is 18.5 Å². The van der Waals surface area contributed by atoms with Crippen LogP contribution in [0.3, 0.4) is 0 Å². The van der Waals surface area contributed by atoms with Crippen LogP contribution in [0.25, 0.3) is 0 Å². The maximum atomic E-state index is 12.1. The van der Waals surface area contributed by atoms with Gasteiger partial charge in [0.2, 0.25) is 10.0 Å². The number of nitrogens with one attached hydrogen (secondary N) is 1. The van der Waals surface area contributed by atoms with E-state index in [0.29, 0.717) is 12.8 Å². The molecule has 110 valence electrons. The first-order valence-electron chi connectivity index (χ1n) is 5.92. The van der Waals surface area contributed by atoms with Crippen molar-refractivity contribution in [2.75, 3.05) is 12.8 Å². The van der Waals surface area contributed by atoms with Crippen LogP contribution in [0.5, 0.6) is 0 Å². The third-order valence-corrected chi connectivity index (χ3v) is 4.78. The molecule has 0 saturated heterocycles. The Morgan fingerprint density at radius 1 is 1.45 bits per heavy atom. The van der Waals surface area contributed by atoms with E-state index < -0.39 is 20.6 Å². The van der Waals surface area contributed by atoms with Crippen LogP contribution >= 0.6 is 0 Å². The molecule has 20 heavy (non-hydrogen) atoms. The van der Waals surface area contributed by atoms with Gasteiger partial charge in [0.15, 0.2) is 0 Å². The zero-order valence-electron chi connectivity index (χ0n) is 10.8. The maximum absolute atomic E-state index is 12.1. The molecular weight excluding hydrogens is 286 g/mol. The van der Waals surface area contributed by atoms with Gasteiger partial charge in [-0.2, -0.15) is 0 Å². The molecule has 0 heterocycles. The van der Waals surface area contributed by atoms with Crippen molar-refractivity contribution < 1.29 is 18.1 Å². The number of hydrogen-bond donors (Lipinski definition) is 2. The number of nitrogens with zero attached hydrogens (tertiary/aromatic N) is 1. The first-order valence-corrected chi connectivity index (χ1v) is 7.41. The highest BCUT2D eigenvalue weighted by Gasteiger charge is 2.33. The maximum Gasteiger partial charge on any atom is 0.293 e. The highest BCUT2D eigenvalue weighted by Crippen LogP contribution is 2.27. The van der Waals surface area contributed by atoms with Gasteiger partial charge in [-0.15, -0.1) is 0 Å². The second-order valence-electron chi connectivity index (χ2n) is 4.63. The third-order valence-electron chi connectivity index (χ3n) is 3.26. The Kier molecular flexibility index (Phi) is 3.93. The molecule has 1 aliphatic rings. The number of rotatable bonds is 5. The fourth-order valence-electron chi connectivity index (χ4n) is 1.99. The Morgan fingerprint density at radius 2 is 2.10 bits per heavy atom. The number of sulfonamides is 1. The van der Waals surface area contributed by atoms with Crippen molar-refractivity contribution in [3.8, 4) is 0 Å². The van der Waals surface area contributed by atoms with Gasteiger partial charge in [0.05, 0.1) is 15.9 Å². The molecule has 3 N–H and O–H groups in total. The van der Waals surface area contributed by atoms with Crippen LogP contribution < -0.4 is 10.5 Å². The number of nitro groups is 1. The van der Waals surface area contributed by atoms with Gasteiger partial charge >= 0.3 is 0 Å². The summed E-state index contributed by atoms with van der Waals surface area (Å²) in [6, 6.07) is 3.22. The highest BCUT2D eigenvalue weighted by atomic mass is 32.2. The van der Waals surface area contributed by atoms with Gasteiger partial charge in [0, 0.05) is 19.2 Å². The molecule has 1 aromatic rings. The molecule has 9 heteroatoms. The number of ether oxygens (including phenoxy) is 1. The lowest BCUT2D eigenvalue weighted by atomic mass is 9.90. The number of methoxy groups -OCH3 is 1. The van der Waals surface area contributed by atoms with Crippen molar-refractivity contribution in [2.45, 2.75) is 29.9 Å². The molecule has 1 aromatic carbocycles. The smallest absolute Gasteiger partial charge is 0.293 e. The van der Waals surface area contributed by atoms with Gasteiger partial charge in [-0.1, -0.05) is 0 Å². The lowest BCUT2D eigenvalue weighted by Crippen LogP contribution is -2.47. The van der Waals surface area contributed by atoms with Gasteiger partial charge in [-0.3, -0.25) is 10.1 Å². The Labute approximate surface area is 116 Å². The molecule has 1 fully saturated rings. The van der Waals surface area contributed by atoms with Crippen LogP contribution in [0, 0.1) is 10.1 Å². The normalized spacial score (nSPS) is 22.2. The van der Waals surface area contributed by atoms with Crippen molar-refractivity contribution >= 4 is 21.4 Å². The average Bonchev–Trinajstić information content (AvgIpc) is 2.33. The van der Waals surface area contributed by atoms with E-state index in [1.54, 1.807) is 7.11 Å². The van der Waals surface area contributed by atoms with Crippen LogP contribution in [0.1, 0.15) is 12.8 Å². The molecule has 0 atom stereocenters. The predicted octanol–water partition coefficient (Wildman–Crippen LogP) is 0.633. The van der Waals surface area contributed by atoms with E-state index in [2.05, 4.69) is 4.72 Å². The zero-order valence-corrected chi connectivity index (χ0v) is 11.6. The van der Waals surface area contributed by atoms with Gasteiger partial charge in [0.1, 0.15) is 5.69 Å². The summed E-state index contributed by atoms with van der Waals surface area (Å²) in [7, 11) is -2.22. The number of benzene rings is 1. The second-order valence-corrected chi connectivity index (χ2v) is 6.34. The lowest BCUT2D eigenvalue weighted by molar-refractivity contribution is -0.384. The van der Waals surface area contributed by atoms with Gasteiger partial charge in [-0.25, -0.2) is 13.1 Å². The van der Waals surface area contributed by atoms with Crippen molar-refractivity contribution in [2.24, 2.45) is 0 Å². The van der Waals surface area contributed by atoms with Gasteiger partial charge in [-0.05, 0) is 25.0 Å². The predicted molar refractivity (Wildman–Crippen MR) is 71.6 cm³/mol. The summed E-state index contributed by atoms with van der Waals surface area (Å²) >= 11 is 0. The molecule has 1 aliphatic carbocycles. The fraction of sp³-hybridized carbons (Fsp3) is 0.455. The minimum Gasteiger partial charge on any atom is -0.393 e. The Bertz CT molecular complexity index is 625. The van der Waals surface area contributed by atoms with E-state index in [1.165, 1.54) is 12.1 Å². The quantitative estimate of drug-likeness (QED) is 0.467. The minimum atomic E-state index is -3.79. The SMILES string of the molecule is COC1CC(NS(=O)(=O)c2ccc(N)c([N+](=O)[O-])c2)C1. The van der Waals surface area contributed by atoms with Gasteiger partial charge < -0.3 is 10.5 Å². The first-order chi connectivity index (χ1) is 9.33. The number of nitrogen functional groups attached to an aromatic ring is 1. The summed E-state index contributed by atoms with van der Waals surface area (Å²) in [5.74, 6) is 0. The number of hydrogen-bond acceptors (Lipinski definition) is 6. The Balaban J connectivity index is 2.18. The molecule has 8 nitrogen and oxygen atoms in total. The molecule has 0 amide bonds. The molecule has 0 aromatic heterocycles. The van der Waals surface area contributed by atoms with Crippen LogP contribution in [0.4, 0.5) is 11.4 Å². The van der Waals surface area contributed by atoms with Crippen LogP contribution in [-0.4, -0.2) is 32.6 Å². The topological polar surface area (TPSA) is 125 Å². The molecule has 2 rings (SSSR count). The molecule has 0 bridgehead atoms. The summed E-state index contributed by atoms with van der Waals surface area (Å²) in [5.41, 5.74) is 4.94. The molecule has 1 saturated carbocycles. The first kappa shape index (κ1) is 14.7. The fourth-order valence-corrected chi connectivity index (χ4v) is 3.27. The van der Waals surface area contributed by atoms with E-state index in [4.69, 9.17) is 10.5 Å². The summed E-state index contributed by atoms with van der Waals surface area (Å²) in [6.07, 6.45) is 1.24. The monoisotopic (exact) mass is 301 g/mol. The zero-order chi connectivity index (χ0) is 14.9. The summed E-state index contributed by atoms with van der Waals surface area (Å²) in [4.78, 5) is 9.89. The standard InChI is InChI=1S/C11H15N3O5S/c1-19-8-4-7(5-8)13-20(17,18)9-2-3-10(12)11(6-9)14(15)16/h2-3,6-8,13H,4-5,12H2,1H3. The molecule has 0 spiro atoms. The molecular formula is C11H15N3O5S. The van der Waals surface area contributed by atoms with Crippen molar-refractivity contribution in [3.63, 3.8) is 0 Å².